The standard InChI is InChI=1S/C21H28N2O4S/c1-5-28(25,26)27-20-11-9-18(10-12-20)15-23(14-16(2)3)21(24)22-19-8-6-7-17(4)13-19/h6-13,16H,5,14-15H2,1-4H3,(H,22,24). The molecule has 0 aliphatic carbocycles. The van der Waals surface area contributed by atoms with Crippen molar-refractivity contribution < 1.29 is 17.4 Å². The second-order valence-electron chi connectivity index (χ2n) is 7.15. The maximum Gasteiger partial charge on any atom is 0.322 e. The van der Waals surface area contributed by atoms with Crippen LogP contribution >= 0.6 is 0 Å². The predicted molar refractivity (Wildman–Crippen MR) is 112 cm³/mol. The average Bonchev–Trinajstić information content (AvgIpc) is 2.62. The molecule has 28 heavy (non-hydrogen) atoms. The second kappa shape index (κ2) is 9.59. The Kier molecular flexibility index (Phi) is 7.45. The number of nitrogens with zero attached hydrogens (tertiary/aromatic N) is 1. The summed E-state index contributed by atoms with van der Waals surface area (Å²) in [6, 6.07) is 14.2. The zero-order valence-corrected chi connectivity index (χ0v) is 17.6. The number of hydrogen-bond acceptors (Lipinski definition) is 4. The first-order valence-electron chi connectivity index (χ1n) is 9.32. The molecule has 1 N–H and O–H groups in total. The van der Waals surface area contributed by atoms with Crippen molar-refractivity contribution in [3.63, 3.8) is 0 Å². The number of nitrogens with one attached hydrogen (secondary N) is 1. The second-order valence-corrected chi connectivity index (χ2v) is 9.01. The number of anilines is 1. The molecule has 6 nitrogen and oxygen atoms in total. The first-order chi connectivity index (χ1) is 13.2. The van der Waals surface area contributed by atoms with Crippen LogP contribution in [0.4, 0.5) is 10.5 Å². The molecule has 2 aromatic carbocycles. The third-order valence-corrected chi connectivity index (χ3v) is 5.17. The molecule has 0 saturated carbocycles. The van der Waals surface area contributed by atoms with E-state index in [-0.39, 0.29) is 17.5 Å². The van der Waals surface area contributed by atoms with E-state index in [0.29, 0.717) is 19.0 Å². The Hall–Kier alpha value is -2.54. The topological polar surface area (TPSA) is 75.7 Å². The minimum absolute atomic E-state index is 0.0873. The molecule has 0 aliphatic heterocycles. The van der Waals surface area contributed by atoms with Gasteiger partial charge >= 0.3 is 16.1 Å². The van der Waals surface area contributed by atoms with E-state index in [1.54, 1.807) is 29.2 Å². The van der Waals surface area contributed by atoms with Crippen molar-refractivity contribution in [1.29, 1.82) is 0 Å². The van der Waals surface area contributed by atoms with Crippen molar-refractivity contribution in [2.24, 2.45) is 5.92 Å². The third kappa shape index (κ3) is 6.88. The number of benzene rings is 2. The minimum Gasteiger partial charge on any atom is -0.382 e. The number of urea groups is 1. The van der Waals surface area contributed by atoms with Gasteiger partial charge in [0, 0.05) is 18.8 Å². The van der Waals surface area contributed by atoms with Crippen LogP contribution in [-0.2, 0) is 16.7 Å². The molecule has 7 heteroatoms. The fourth-order valence-electron chi connectivity index (χ4n) is 2.66. The zero-order valence-electron chi connectivity index (χ0n) is 16.8. The lowest BCUT2D eigenvalue weighted by Crippen LogP contribution is -2.37. The van der Waals surface area contributed by atoms with E-state index in [4.69, 9.17) is 4.18 Å². The van der Waals surface area contributed by atoms with Gasteiger partial charge in [0.05, 0.1) is 5.75 Å². The highest BCUT2D eigenvalue weighted by atomic mass is 32.2. The fourth-order valence-corrected chi connectivity index (χ4v) is 3.18. The van der Waals surface area contributed by atoms with Crippen molar-refractivity contribution in [1.82, 2.24) is 4.90 Å². The van der Waals surface area contributed by atoms with Crippen LogP contribution < -0.4 is 9.50 Å². The predicted octanol–water partition coefficient (Wildman–Crippen LogP) is 4.41. The lowest BCUT2D eigenvalue weighted by Gasteiger charge is -2.25. The summed E-state index contributed by atoms with van der Waals surface area (Å²) in [6.07, 6.45) is 0. The molecule has 2 aromatic rings. The molecule has 0 unspecified atom stereocenters. The van der Waals surface area contributed by atoms with E-state index >= 15 is 0 Å². The van der Waals surface area contributed by atoms with Gasteiger partial charge in [-0.3, -0.25) is 0 Å². The summed E-state index contributed by atoms with van der Waals surface area (Å²) >= 11 is 0. The van der Waals surface area contributed by atoms with Crippen LogP contribution in [0.15, 0.2) is 48.5 Å². The molecule has 0 fully saturated rings. The van der Waals surface area contributed by atoms with Gasteiger partial charge in [0.1, 0.15) is 5.75 Å². The van der Waals surface area contributed by atoms with Gasteiger partial charge in [-0.05, 0) is 55.2 Å². The average molecular weight is 405 g/mol. The summed E-state index contributed by atoms with van der Waals surface area (Å²) in [5.74, 6) is 0.488. The van der Waals surface area contributed by atoms with Crippen molar-refractivity contribution in [3.05, 3.63) is 59.7 Å². The first-order valence-corrected chi connectivity index (χ1v) is 10.9. The Morgan fingerprint density at radius 1 is 1.14 bits per heavy atom. The highest BCUT2D eigenvalue weighted by molar-refractivity contribution is 7.87. The summed E-state index contributed by atoms with van der Waals surface area (Å²) in [4.78, 5) is 14.5. The lowest BCUT2D eigenvalue weighted by molar-refractivity contribution is 0.201. The van der Waals surface area contributed by atoms with Gasteiger partial charge < -0.3 is 14.4 Å². The number of aryl methyl sites for hydroxylation is 1. The molecule has 0 heterocycles. The van der Waals surface area contributed by atoms with Crippen LogP contribution in [0.3, 0.4) is 0 Å². The van der Waals surface area contributed by atoms with Crippen LogP contribution in [0.25, 0.3) is 0 Å². The molecular formula is C21H28N2O4S. The summed E-state index contributed by atoms with van der Waals surface area (Å²) in [5, 5.41) is 2.94. The molecule has 0 radical (unpaired) electrons. The molecule has 0 aromatic heterocycles. The highest BCUT2D eigenvalue weighted by Crippen LogP contribution is 2.17. The van der Waals surface area contributed by atoms with Crippen LogP contribution in [0.2, 0.25) is 0 Å². The van der Waals surface area contributed by atoms with Gasteiger partial charge in [-0.2, -0.15) is 8.42 Å². The van der Waals surface area contributed by atoms with E-state index in [1.807, 2.05) is 31.2 Å². The van der Waals surface area contributed by atoms with Gasteiger partial charge in [0.25, 0.3) is 0 Å². The molecule has 2 rings (SSSR count). The SMILES string of the molecule is CCS(=O)(=O)Oc1ccc(CN(CC(C)C)C(=O)Nc2cccc(C)c2)cc1. The van der Waals surface area contributed by atoms with E-state index in [9.17, 15) is 13.2 Å². The van der Waals surface area contributed by atoms with E-state index in [0.717, 1.165) is 16.8 Å². The van der Waals surface area contributed by atoms with E-state index < -0.39 is 10.1 Å². The maximum absolute atomic E-state index is 12.8. The van der Waals surface area contributed by atoms with E-state index in [2.05, 4.69) is 19.2 Å². The quantitative estimate of drug-likeness (QED) is 0.661. The zero-order chi connectivity index (χ0) is 20.7. The summed E-state index contributed by atoms with van der Waals surface area (Å²) in [6.45, 7) is 8.62. The van der Waals surface area contributed by atoms with Crippen LogP contribution in [-0.4, -0.2) is 31.6 Å². The first kappa shape index (κ1) is 21.8. The van der Waals surface area contributed by atoms with Crippen LogP contribution in [0, 0.1) is 12.8 Å². The van der Waals surface area contributed by atoms with Gasteiger partial charge in [-0.15, -0.1) is 0 Å². The molecule has 2 amide bonds. The Morgan fingerprint density at radius 2 is 1.82 bits per heavy atom. The summed E-state index contributed by atoms with van der Waals surface area (Å²) in [5.41, 5.74) is 2.72. The monoisotopic (exact) mass is 404 g/mol. The smallest absolute Gasteiger partial charge is 0.322 e. The van der Waals surface area contributed by atoms with Crippen LogP contribution in [0.5, 0.6) is 5.75 Å². The molecule has 0 spiro atoms. The molecule has 0 saturated heterocycles. The third-order valence-electron chi connectivity index (χ3n) is 4.02. The number of carbonyl (C=O) groups excluding carboxylic acids is 1. The molecule has 0 atom stereocenters. The Bertz CT molecular complexity index is 893. The number of amides is 2. The molecule has 0 aliphatic rings. The van der Waals surface area contributed by atoms with Gasteiger partial charge in [-0.1, -0.05) is 38.1 Å². The molecule has 152 valence electrons. The molecule has 0 bridgehead atoms. The lowest BCUT2D eigenvalue weighted by atomic mass is 10.1. The Labute approximate surface area is 167 Å². The maximum atomic E-state index is 12.8. The largest absolute Gasteiger partial charge is 0.382 e. The highest BCUT2D eigenvalue weighted by Gasteiger charge is 2.16. The number of hydrogen-bond donors (Lipinski definition) is 1. The van der Waals surface area contributed by atoms with E-state index in [1.165, 1.54) is 6.92 Å². The van der Waals surface area contributed by atoms with Crippen molar-refractivity contribution in [2.75, 3.05) is 17.6 Å². The summed E-state index contributed by atoms with van der Waals surface area (Å²) < 4.78 is 28.1. The van der Waals surface area contributed by atoms with Gasteiger partial charge in [-0.25, -0.2) is 4.79 Å². The van der Waals surface area contributed by atoms with Gasteiger partial charge in [0.15, 0.2) is 0 Å². The van der Waals surface area contributed by atoms with Crippen molar-refractivity contribution in [3.8, 4) is 5.75 Å². The normalized spacial score (nSPS) is 11.3. The fraction of sp³-hybridized carbons (Fsp3) is 0.381. The Balaban J connectivity index is 2.09. The van der Waals surface area contributed by atoms with Crippen molar-refractivity contribution in [2.45, 2.75) is 34.2 Å². The Morgan fingerprint density at radius 3 is 2.39 bits per heavy atom. The summed E-state index contributed by atoms with van der Waals surface area (Å²) in [7, 11) is -3.55. The van der Waals surface area contributed by atoms with Crippen LogP contribution in [0.1, 0.15) is 31.9 Å². The van der Waals surface area contributed by atoms with Crippen molar-refractivity contribution >= 4 is 21.8 Å². The number of rotatable bonds is 8. The molecular weight excluding hydrogens is 376 g/mol. The van der Waals surface area contributed by atoms with Gasteiger partial charge in [0.2, 0.25) is 0 Å². The minimum atomic E-state index is -3.55. The number of carbonyl (C=O) groups is 1.